The third-order valence-corrected chi connectivity index (χ3v) is 4.31. The van der Waals surface area contributed by atoms with Crippen LogP contribution in [0.1, 0.15) is 23.6 Å². The van der Waals surface area contributed by atoms with Gasteiger partial charge in [-0.1, -0.05) is 6.07 Å². The number of benzene rings is 1. The normalized spacial score (nSPS) is 20.0. The van der Waals surface area contributed by atoms with Crippen molar-refractivity contribution in [2.24, 2.45) is 5.73 Å². The number of hydrogen-bond acceptors (Lipinski definition) is 4. The monoisotopic (exact) mass is 290 g/mol. The Morgan fingerprint density at radius 2 is 2.05 bits per heavy atom. The van der Waals surface area contributed by atoms with E-state index in [2.05, 4.69) is 11.4 Å². The van der Waals surface area contributed by atoms with Crippen molar-refractivity contribution in [2.45, 2.75) is 31.7 Å². The Hall–Kier alpha value is -2.08. The van der Waals surface area contributed by atoms with Gasteiger partial charge in [0.1, 0.15) is 0 Å². The lowest BCUT2D eigenvalue weighted by molar-refractivity contribution is -0.108. The minimum Gasteiger partial charge on any atom is -0.398 e. The molecule has 0 heterocycles. The van der Waals surface area contributed by atoms with Crippen molar-refractivity contribution in [1.29, 1.82) is 0 Å². The summed E-state index contributed by atoms with van der Waals surface area (Å²) in [6.07, 6.45) is 2.61. The van der Waals surface area contributed by atoms with Gasteiger partial charge in [-0.2, -0.15) is 0 Å². The topological polar surface area (TPSA) is 101 Å². The molecule has 0 aliphatic heterocycles. The first-order chi connectivity index (χ1) is 9.91. The molecule has 1 aliphatic rings. The largest absolute Gasteiger partial charge is 0.398 e. The summed E-state index contributed by atoms with van der Waals surface area (Å²) in [5.41, 5.74) is 15.5. The molecule has 114 valence electrons. The Morgan fingerprint density at radius 3 is 2.62 bits per heavy atom. The van der Waals surface area contributed by atoms with Crippen LogP contribution in [0, 0.1) is 0 Å². The van der Waals surface area contributed by atoms with Crippen LogP contribution in [-0.2, 0) is 24.1 Å². The molecule has 21 heavy (non-hydrogen) atoms. The quantitative estimate of drug-likeness (QED) is 0.552. The molecule has 0 bridgehead atoms. The maximum atomic E-state index is 11.9. The van der Waals surface area contributed by atoms with Gasteiger partial charge in [-0.3, -0.25) is 10.1 Å². The molecule has 1 atom stereocenters. The zero-order valence-electron chi connectivity index (χ0n) is 12.5. The number of carbonyl (C=O) groups excluding carboxylic acids is 2. The van der Waals surface area contributed by atoms with E-state index in [0.717, 1.165) is 36.1 Å². The third-order valence-electron chi connectivity index (χ3n) is 4.31. The first kappa shape index (κ1) is 15.3. The molecular formula is C15H22N4O2. The predicted molar refractivity (Wildman–Crippen MR) is 81.8 cm³/mol. The number of fused-ring (bicyclic) bond motifs is 1. The van der Waals surface area contributed by atoms with E-state index in [1.54, 1.807) is 11.9 Å². The van der Waals surface area contributed by atoms with E-state index in [9.17, 15) is 9.59 Å². The molecule has 6 heteroatoms. The number of likely N-dealkylation sites (N-methyl/N-ethyl adjacent to an activating group) is 1. The van der Waals surface area contributed by atoms with Crippen LogP contribution in [-0.4, -0.2) is 36.5 Å². The molecule has 0 radical (unpaired) electrons. The highest BCUT2D eigenvalue weighted by molar-refractivity contribution is 5.85. The fourth-order valence-corrected chi connectivity index (χ4v) is 2.97. The van der Waals surface area contributed by atoms with Crippen LogP contribution in [0.3, 0.4) is 0 Å². The number of hydrogen-bond donors (Lipinski definition) is 3. The Bertz CT molecular complexity index is 573. The number of nitrogens with zero attached hydrogens (tertiary/aromatic N) is 1. The Kier molecular flexibility index (Phi) is 4.18. The molecule has 0 spiro atoms. The number of urea groups is 1. The molecule has 1 aliphatic carbocycles. The van der Waals surface area contributed by atoms with E-state index in [1.807, 2.05) is 13.0 Å². The Balaban J connectivity index is 2.25. The van der Waals surface area contributed by atoms with Crippen LogP contribution >= 0.6 is 0 Å². The maximum Gasteiger partial charge on any atom is 0.324 e. The van der Waals surface area contributed by atoms with E-state index in [-0.39, 0.29) is 5.54 Å². The van der Waals surface area contributed by atoms with Crippen molar-refractivity contribution < 1.29 is 9.59 Å². The summed E-state index contributed by atoms with van der Waals surface area (Å²) >= 11 is 0. The highest BCUT2D eigenvalue weighted by Crippen LogP contribution is 2.36. The summed E-state index contributed by atoms with van der Waals surface area (Å²) in [6.45, 7) is 2.57. The summed E-state index contributed by atoms with van der Waals surface area (Å²) in [5, 5.41) is 2.18. The van der Waals surface area contributed by atoms with Crippen LogP contribution in [0.5, 0.6) is 0 Å². The lowest BCUT2D eigenvalue weighted by Gasteiger charge is -2.34. The molecule has 0 fully saturated rings. The van der Waals surface area contributed by atoms with Crippen LogP contribution in [0.25, 0.3) is 0 Å². The Morgan fingerprint density at radius 1 is 1.43 bits per heavy atom. The maximum absolute atomic E-state index is 11.9. The van der Waals surface area contributed by atoms with E-state index >= 15 is 0 Å². The van der Waals surface area contributed by atoms with Gasteiger partial charge in [-0.25, -0.2) is 4.79 Å². The average Bonchev–Trinajstić information content (AvgIpc) is 2.75. The SMILES string of the molecule is CN(C(=O)NC=O)C1(C)Cc2cc(N)c(CCN)cc2C1. The fraction of sp³-hybridized carbons (Fsp3) is 0.467. The lowest BCUT2D eigenvalue weighted by Crippen LogP contribution is -2.51. The lowest BCUT2D eigenvalue weighted by atomic mass is 9.97. The summed E-state index contributed by atoms with van der Waals surface area (Å²) in [7, 11) is 1.70. The first-order valence-electron chi connectivity index (χ1n) is 6.99. The third kappa shape index (κ3) is 2.85. The smallest absolute Gasteiger partial charge is 0.324 e. The summed E-state index contributed by atoms with van der Waals surface area (Å²) in [4.78, 5) is 23.9. The van der Waals surface area contributed by atoms with Gasteiger partial charge in [0.25, 0.3) is 0 Å². The number of nitrogen functional groups attached to an aromatic ring is 1. The molecular weight excluding hydrogens is 268 g/mol. The van der Waals surface area contributed by atoms with Crippen molar-refractivity contribution in [3.8, 4) is 0 Å². The molecule has 0 saturated heterocycles. The standard InChI is InChI=1S/C15H22N4O2/c1-15(19(2)14(21)18-9-20)7-11-5-10(3-4-16)13(17)6-12(11)8-15/h5-6,9H,3-4,7-8,16-17H2,1-2H3,(H,18,20,21). The predicted octanol–water partition coefficient (Wildman–Crippen LogP) is 0.425. The molecule has 0 aromatic heterocycles. The summed E-state index contributed by atoms with van der Waals surface area (Å²) in [5.74, 6) is 0. The molecule has 0 saturated carbocycles. The zero-order valence-corrected chi connectivity index (χ0v) is 12.5. The van der Waals surface area contributed by atoms with Gasteiger partial charge in [0, 0.05) is 18.3 Å². The van der Waals surface area contributed by atoms with Crippen molar-refractivity contribution in [2.75, 3.05) is 19.3 Å². The van der Waals surface area contributed by atoms with E-state index in [0.29, 0.717) is 13.0 Å². The average molecular weight is 290 g/mol. The molecule has 6 nitrogen and oxygen atoms in total. The first-order valence-corrected chi connectivity index (χ1v) is 6.99. The summed E-state index contributed by atoms with van der Waals surface area (Å²) < 4.78 is 0. The number of nitrogens with one attached hydrogen (secondary N) is 1. The number of carbonyl (C=O) groups is 2. The number of imide groups is 1. The second-order valence-electron chi connectivity index (χ2n) is 5.84. The summed E-state index contributed by atoms with van der Waals surface area (Å²) in [6, 6.07) is 3.68. The molecule has 1 aromatic rings. The van der Waals surface area contributed by atoms with E-state index in [4.69, 9.17) is 11.5 Å². The molecule has 5 N–H and O–H groups in total. The number of nitrogens with two attached hydrogens (primary N) is 2. The van der Waals surface area contributed by atoms with Gasteiger partial charge in [0.2, 0.25) is 6.41 Å². The number of anilines is 1. The molecule has 3 amide bonds. The minimum absolute atomic E-state index is 0.358. The van der Waals surface area contributed by atoms with Crippen LogP contribution in [0.2, 0.25) is 0 Å². The Labute approximate surface area is 124 Å². The highest BCUT2D eigenvalue weighted by atomic mass is 16.2. The zero-order chi connectivity index (χ0) is 15.6. The van der Waals surface area contributed by atoms with Gasteiger partial charge >= 0.3 is 6.03 Å². The number of rotatable bonds is 4. The van der Waals surface area contributed by atoms with Gasteiger partial charge in [-0.15, -0.1) is 0 Å². The second kappa shape index (κ2) is 5.73. The van der Waals surface area contributed by atoms with Gasteiger partial charge in [-0.05, 0) is 55.5 Å². The van der Waals surface area contributed by atoms with Gasteiger partial charge in [0.15, 0.2) is 0 Å². The second-order valence-corrected chi connectivity index (χ2v) is 5.84. The van der Waals surface area contributed by atoms with Gasteiger partial charge in [0.05, 0.1) is 0 Å². The minimum atomic E-state index is -0.393. The van der Waals surface area contributed by atoms with Crippen molar-refractivity contribution >= 4 is 18.1 Å². The van der Waals surface area contributed by atoms with Crippen LogP contribution < -0.4 is 16.8 Å². The fourth-order valence-electron chi connectivity index (χ4n) is 2.97. The highest BCUT2D eigenvalue weighted by Gasteiger charge is 2.39. The van der Waals surface area contributed by atoms with Crippen molar-refractivity contribution in [3.05, 3.63) is 28.8 Å². The molecule has 1 aromatic carbocycles. The van der Waals surface area contributed by atoms with Crippen molar-refractivity contribution in [3.63, 3.8) is 0 Å². The van der Waals surface area contributed by atoms with Gasteiger partial charge < -0.3 is 16.4 Å². The van der Waals surface area contributed by atoms with Crippen LogP contribution in [0.4, 0.5) is 10.5 Å². The molecule has 1 unspecified atom stereocenters. The van der Waals surface area contributed by atoms with Crippen LogP contribution in [0.15, 0.2) is 12.1 Å². The number of amides is 3. The van der Waals surface area contributed by atoms with E-state index < -0.39 is 6.03 Å². The van der Waals surface area contributed by atoms with Crippen molar-refractivity contribution in [1.82, 2.24) is 10.2 Å². The van der Waals surface area contributed by atoms with E-state index in [1.165, 1.54) is 5.56 Å². The molecule has 2 rings (SSSR count).